The molecule has 0 heterocycles. The molecule has 0 fully saturated rings. The lowest BCUT2D eigenvalue weighted by Crippen LogP contribution is -2.62. The zero-order valence-electron chi connectivity index (χ0n) is 49.3. The number of aliphatic carboxylic acids is 1. The van der Waals surface area contributed by atoms with Crippen molar-refractivity contribution < 1.29 is 58.5 Å². The van der Waals surface area contributed by atoms with Gasteiger partial charge in [0.25, 0.3) is 0 Å². The van der Waals surface area contributed by atoms with Crippen LogP contribution in [0.3, 0.4) is 0 Å². The maximum absolute atomic E-state index is 14.7. The standard InChI is InChI=1S/C58H96N12O12/c1-9-36(8)49(58(81)82)70-53(76)44(18-12-15-29-61)65-56(79)47(34(4)5)69-57(80)48(35(6)7)68-52(75)43(17-11-14-28-60)64-55(78)46(32-38-21-25-40(72)26-22-38)67-51(74)42(16-10-13-27-59)63-54(77)45(31-37-19-23-39(71)24-20-37)66-50(73)41(62)30-33(2)3/h19-26,33-36,41-49,71-72H,9-18,27-32,59-62H2,1-8H3,(H,63,77)(H,64,78)(H,65,79)(H,66,73)(H,67,74)(H,68,75)(H,69,80)(H,70,76)(H,81,82)/t36-,41-,42-,43-,44-,45-,46-,47-,48-,49-/m0/s1. The number of carbonyl (C=O) groups is 9. The summed E-state index contributed by atoms with van der Waals surface area (Å²) in [6.45, 7) is 14.8. The quantitative estimate of drug-likeness (QED) is 0.0415. The number of phenolic OH excluding ortho intramolecular Hbond substituents is 2. The topological polar surface area (TPSA) is 415 Å². The average molecular weight is 1150 g/mol. The number of hydrogen-bond acceptors (Lipinski definition) is 15. The van der Waals surface area contributed by atoms with Gasteiger partial charge in [0.15, 0.2) is 0 Å². The molecule has 460 valence electrons. The molecule has 8 amide bonds. The fraction of sp³-hybridized carbons (Fsp3) is 0.638. The predicted octanol–water partition coefficient (Wildman–Crippen LogP) is 0.964. The Kier molecular flexibility index (Phi) is 32.4. The molecule has 82 heavy (non-hydrogen) atoms. The van der Waals surface area contributed by atoms with E-state index in [2.05, 4.69) is 42.5 Å². The van der Waals surface area contributed by atoms with Crippen molar-refractivity contribution in [3.63, 3.8) is 0 Å². The summed E-state index contributed by atoms with van der Waals surface area (Å²) >= 11 is 0. The normalized spacial score (nSPS) is 15.1. The highest BCUT2D eigenvalue weighted by Gasteiger charge is 2.37. The first-order valence-electron chi connectivity index (χ1n) is 28.8. The lowest BCUT2D eigenvalue weighted by molar-refractivity contribution is -0.144. The van der Waals surface area contributed by atoms with E-state index in [0.717, 1.165) is 0 Å². The van der Waals surface area contributed by atoms with Crippen LogP contribution in [-0.4, -0.2) is 143 Å². The monoisotopic (exact) mass is 1150 g/mol. The van der Waals surface area contributed by atoms with E-state index >= 15 is 0 Å². The molecular weight excluding hydrogens is 1060 g/mol. The number of hydrogen-bond donors (Lipinski definition) is 15. The Morgan fingerprint density at radius 3 is 1.07 bits per heavy atom. The predicted molar refractivity (Wildman–Crippen MR) is 312 cm³/mol. The van der Waals surface area contributed by atoms with Crippen LogP contribution in [0.2, 0.25) is 0 Å². The van der Waals surface area contributed by atoms with E-state index in [4.69, 9.17) is 22.9 Å². The van der Waals surface area contributed by atoms with Crippen LogP contribution in [0, 0.1) is 23.7 Å². The van der Waals surface area contributed by atoms with E-state index in [1.807, 2.05) is 13.8 Å². The van der Waals surface area contributed by atoms with Crippen molar-refractivity contribution in [2.45, 2.75) is 193 Å². The second kappa shape index (κ2) is 37.3. The zero-order valence-corrected chi connectivity index (χ0v) is 49.3. The molecule has 0 unspecified atom stereocenters. The fourth-order valence-corrected chi connectivity index (χ4v) is 8.91. The largest absolute Gasteiger partial charge is 0.508 e. The molecule has 2 rings (SSSR count). The Balaban J connectivity index is 2.52. The van der Waals surface area contributed by atoms with Gasteiger partial charge in [0.1, 0.15) is 59.8 Å². The van der Waals surface area contributed by atoms with Crippen molar-refractivity contribution in [3.05, 3.63) is 59.7 Å². The number of carboxylic acids is 1. The van der Waals surface area contributed by atoms with Crippen LogP contribution in [0.5, 0.6) is 11.5 Å². The van der Waals surface area contributed by atoms with Gasteiger partial charge >= 0.3 is 5.97 Å². The molecule has 0 bridgehead atoms. The van der Waals surface area contributed by atoms with Crippen molar-refractivity contribution >= 4 is 53.2 Å². The summed E-state index contributed by atoms with van der Waals surface area (Å²) in [5.41, 5.74) is 24.7. The van der Waals surface area contributed by atoms with Crippen LogP contribution < -0.4 is 65.5 Å². The third-order valence-electron chi connectivity index (χ3n) is 14.1. The summed E-state index contributed by atoms with van der Waals surface area (Å²) in [5.74, 6) is -8.66. The lowest BCUT2D eigenvalue weighted by atomic mass is 9.97. The van der Waals surface area contributed by atoms with Crippen LogP contribution in [0.1, 0.15) is 137 Å². The summed E-state index contributed by atoms with van der Waals surface area (Å²) in [6, 6.07) is 0.871. The van der Waals surface area contributed by atoms with Crippen LogP contribution >= 0.6 is 0 Å². The molecule has 0 aromatic heterocycles. The molecule has 10 atom stereocenters. The molecule has 19 N–H and O–H groups in total. The van der Waals surface area contributed by atoms with Crippen molar-refractivity contribution in [1.82, 2.24) is 42.5 Å². The highest BCUT2D eigenvalue weighted by Crippen LogP contribution is 2.17. The number of nitrogens with two attached hydrogens (primary N) is 4. The fourth-order valence-electron chi connectivity index (χ4n) is 8.91. The van der Waals surface area contributed by atoms with Gasteiger partial charge < -0.3 is 80.8 Å². The highest BCUT2D eigenvalue weighted by molar-refractivity contribution is 5.98. The number of phenols is 2. The number of rotatable bonds is 39. The molecule has 0 spiro atoms. The van der Waals surface area contributed by atoms with Gasteiger partial charge in [0.2, 0.25) is 47.3 Å². The third kappa shape index (κ3) is 25.5. The van der Waals surface area contributed by atoms with Crippen molar-refractivity contribution in [2.75, 3.05) is 19.6 Å². The van der Waals surface area contributed by atoms with Gasteiger partial charge in [-0.15, -0.1) is 0 Å². The molecule has 0 aliphatic carbocycles. The molecule has 0 aliphatic heterocycles. The van der Waals surface area contributed by atoms with E-state index in [-0.39, 0.29) is 62.6 Å². The van der Waals surface area contributed by atoms with Gasteiger partial charge in [-0.05, 0) is 143 Å². The third-order valence-corrected chi connectivity index (χ3v) is 14.1. The summed E-state index contributed by atoms with van der Waals surface area (Å²) < 4.78 is 0. The van der Waals surface area contributed by atoms with Crippen LogP contribution in [0.15, 0.2) is 48.5 Å². The smallest absolute Gasteiger partial charge is 0.326 e. The van der Waals surface area contributed by atoms with Gasteiger partial charge in [0.05, 0.1) is 6.04 Å². The van der Waals surface area contributed by atoms with E-state index in [0.29, 0.717) is 69.0 Å². The average Bonchev–Trinajstić information content (AvgIpc) is 3.46. The molecule has 0 saturated carbocycles. The molecule has 0 aliphatic rings. The van der Waals surface area contributed by atoms with E-state index in [1.165, 1.54) is 24.3 Å². The van der Waals surface area contributed by atoms with Crippen LogP contribution in [0.25, 0.3) is 0 Å². The summed E-state index contributed by atoms with van der Waals surface area (Å²) in [4.78, 5) is 125. The SMILES string of the molecule is CC[C@H](C)[C@H](NC(=O)[C@H](CCCCN)NC(=O)[C@@H](NC(=O)[C@@H](NC(=O)[C@H](CCCCN)NC(=O)[C@H](Cc1ccc(O)cc1)NC(=O)[C@H](CCCCN)NC(=O)[C@H](Cc1ccc(O)cc1)NC(=O)[C@@H](N)CC(C)C)C(C)C)C(C)C)C(=O)O. The van der Waals surface area contributed by atoms with E-state index < -0.39 is 125 Å². The maximum atomic E-state index is 14.7. The summed E-state index contributed by atoms with van der Waals surface area (Å²) in [7, 11) is 0. The highest BCUT2D eigenvalue weighted by atomic mass is 16.4. The molecule has 0 saturated heterocycles. The number of unbranched alkanes of at least 4 members (excludes halogenated alkanes) is 3. The second-order valence-electron chi connectivity index (χ2n) is 22.3. The number of carbonyl (C=O) groups excluding carboxylic acids is 8. The first kappa shape index (κ1) is 71.2. The summed E-state index contributed by atoms with van der Waals surface area (Å²) in [6.07, 6.45) is 3.42. The Hall–Kier alpha value is -6.89. The van der Waals surface area contributed by atoms with Crippen LogP contribution in [0.4, 0.5) is 0 Å². The number of aromatic hydroxyl groups is 2. The zero-order chi connectivity index (χ0) is 61.6. The van der Waals surface area contributed by atoms with Crippen LogP contribution in [-0.2, 0) is 56.0 Å². The van der Waals surface area contributed by atoms with E-state index in [1.54, 1.807) is 65.8 Å². The number of amides is 8. The van der Waals surface area contributed by atoms with Gasteiger partial charge in [-0.25, -0.2) is 4.79 Å². The molecule has 2 aromatic carbocycles. The number of nitrogens with one attached hydrogen (secondary N) is 8. The maximum Gasteiger partial charge on any atom is 0.326 e. The molecule has 24 heteroatoms. The molecular formula is C58H96N12O12. The van der Waals surface area contributed by atoms with Gasteiger partial charge in [0, 0.05) is 12.8 Å². The van der Waals surface area contributed by atoms with E-state index in [9.17, 15) is 58.5 Å². The number of benzene rings is 2. The summed E-state index contributed by atoms with van der Waals surface area (Å²) in [5, 5.41) is 51.7. The van der Waals surface area contributed by atoms with Crippen molar-refractivity contribution in [2.24, 2.45) is 46.6 Å². The first-order chi connectivity index (χ1) is 38.8. The second-order valence-corrected chi connectivity index (χ2v) is 22.3. The van der Waals surface area contributed by atoms with Gasteiger partial charge in [-0.1, -0.05) is 86.1 Å². The minimum absolute atomic E-state index is 0.0124. The first-order valence-corrected chi connectivity index (χ1v) is 28.8. The minimum atomic E-state index is -1.40. The van der Waals surface area contributed by atoms with Crippen molar-refractivity contribution in [1.29, 1.82) is 0 Å². The Bertz CT molecular complexity index is 2340. The Morgan fingerprint density at radius 2 is 0.732 bits per heavy atom. The minimum Gasteiger partial charge on any atom is -0.508 e. The van der Waals surface area contributed by atoms with Gasteiger partial charge in [-0.3, -0.25) is 38.4 Å². The molecule has 2 aromatic rings. The lowest BCUT2D eigenvalue weighted by Gasteiger charge is -2.30. The Labute approximate surface area is 483 Å². The van der Waals surface area contributed by atoms with Crippen molar-refractivity contribution in [3.8, 4) is 11.5 Å². The molecule has 24 nitrogen and oxygen atoms in total. The number of carboxylic acid groups (broad SMARTS) is 1. The van der Waals surface area contributed by atoms with Gasteiger partial charge in [-0.2, -0.15) is 0 Å². The Morgan fingerprint density at radius 1 is 0.427 bits per heavy atom. The molecule has 0 radical (unpaired) electrons.